The number of fused-ring (bicyclic) bond motifs is 1. The minimum Gasteiger partial charge on any atom is -0.308 e. The van der Waals surface area contributed by atoms with Gasteiger partial charge in [-0.2, -0.15) is 0 Å². The Balaban J connectivity index is 0.00000280. The third-order valence-corrected chi connectivity index (χ3v) is 5.22. The van der Waals surface area contributed by atoms with Crippen LogP contribution in [0.5, 0.6) is 0 Å². The Morgan fingerprint density at radius 1 is 1.07 bits per heavy atom. The van der Waals surface area contributed by atoms with Crippen LogP contribution in [0.1, 0.15) is 10.4 Å². The summed E-state index contributed by atoms with van der Waals surface area (Å²) in [5.41, 5.74) is 0.320. The second-order valence-corrected chi connectivity index (χ2v) is 8.03. The molecule has 0 aliphatic carbocycles. The van der Waals surface area contributed by atoms with Crippen molar-refractivity contribution in [3.63, 3.8) is 0 Å². The van der Waals surface area contributed by atoms with E-state index in [1.54, 1.807) is 0 Å². The Hall–Kier alpha value is -1.51. The zero-order valence-corrected chi connectivity index (χ0v) is 18.0. The van der Waals surface area contributed by atoms with Crippen molar-refractivity contribution in [2.24, 2.45) is 0 Å². The van der Waals surface area contributed by atoms with Crippen molar-refractivity contribution in [1.29, 1.82) is 0 Å². The molecule has 0 aliphatic heterocycles. The normalized spacial score (nSPS) is 11.0. The molecule has 0 fully saturated rings. The Labute approximate surface area is 181 Å². The molecule has 0 radical (unpaired) electrons. The van der Waals surface area contributed by atoms with Gasteiger partial charge in [0.1, 0.15) is 11.3 Å². The molecule has 1 aromatic heterocycles. The summed E-state index contributed by atoms with van der Waals surface area (Å²) >= 11 is 13.1. The number of hydrogen-bond donors (Lipinski definition) is 0. The summed E-state index contributed by atoms with van der Waals surface area (Å²) in [5, 5.41) is 0.934. The molecular formula is C18H16Cl3F2N3OS. The lowest BCUT2D eigenvalue weighted by molar-refractivity contribution is 0.0985. The summed E-state index contributed by atoms with van der Waals surface area (Å²) in [5.74, 6) is -1.83. The first-order valence-electron chi connectivity index (χ1n) is 7.93. The number of rotatable bonds is 5. The van der Waals surface area contributed by atoms with Crippen LogP contribution < -0.4 is 4.90 Å². The SMILES string of the molecule is CN(C)CCN(C(=O)c1cc(Cl)cc(Cl)c1)c1nc2c(F)cc(F)cc2s1.Cl. The Morgan fingerprint density at radius 2 is 1.71 bits per heavy atom. The van der Waals surface area contributed by atoms with E-state index in [-0.39, 0.29) is 34.5 Å². The molecule has 4 nitrogen and oxygen atoms in total. The van der Waals surface area contributed by atoms with Crippen LogP contribution in [0.15, 0.2) is 30.3 Å². The molecule has 0 unspecified atom stereocenters. The van der Waals surface area contributed by atoms with Gasteiger partial charge in [0.05, 0.1) is 4.70 Å². The molecule has 0 bridgehead atoms. The highest BCUT2D eigenvalue weighted by Crippen LogP contribution is 2.32. The number of nitrogens with zero attached hydrogens (tertiary/aromatic N) is 3. The van der Waals surface area contributed by atoms with E-state index in [2.05, 4.69) is 4.98 Å². The Kier molecular flexibility index (Phi) is 7.59. The van der Waals surface area contributed by atoms with Crippen molar-refractivity contribution in [2.45, 2.75) is 0 Å². The number of amides is 1. The van der Waals surface area contributed by atoms with E-state index >= 15 is 0 Å². The molecule has 1 amide bonds. The van der Waals surface area contributed by atoms with Crippen LogP contribution >= 0.6 is 46.9 Å². The molecule has 0 saturated carbocycles. The number of hydrogen-bond acceptors (Lipinski definition) is 4. The first-order valence-corrected chi connectivity index (χ1v) is 9.50. The standard InChI is InChI=1S/C18H15Cl2F2N3OS.ClH/c1-24(2)3-4-25(17(26)10-5-11(19)7-12(20)6-10)18-23-16-14(22)8-13(21)9-15(16)27-18;/h5-9H,3-4H2,1-2H3;1H. The molecule has 10 heteroatoms. The van der Waals surface area contributed by atoms with E-state index in [1.807, 2.05) is 19.0 Å². The van der Waals surface area contributed by atoms with Crippen molar-refractivity contribution in [3.8, 4) is 0 Å². The number of carbonyl (C=O) groups is 1. The molecule has 0 spiro atoms. The van der Waals surface area contributed by atoms with E-state index in [0.717, 1.165) is 17.4 Å². The molecule has 150 valence electrons. The molecule has 0 N–H and O–H groups in total. The Bertz CT molecular complexity index is 993. The molecule has 1 heterocycles. The zero-order chi connectivity index (χ0) is 19.7. The third kappa shape index (κ3) is 5.10. The molecule has 3 rings (SSSR count). The van der Waals surface area contributed by atoms with Crippen molar-refractivity contribution < 1.29 is 13.6 Å². The van der Waals surface area contributed by atoms with Crippen LogP contribution in [0.25, 0.3) is 10.2 Å². The summed E-state index contributed by atoms with van der Waals surface area (Å²) in [6, 6.07) is 6.51. The lowest BCUT2D eigenvalue weighted by atomic mass is 10.2. The monoisotopic (exact) mass is 465 g/mol. The van der Waals surface area contributed by atoms with Gasteiger partial charge in [-0.1, -0.05) is 34.5 Å². The summed E-state index contributed by atoms with van der Waals surface area (Å²) < 4.78 is 27.8. The minimum absolute atomic E-state index is 0. The van der Waals surface area contributed by atoms with Crippen LogP contribution in [-0.4, -0.2) is 43.0 Å². The van der Waals surface area contributed by atoms with E-state index in [9.17, 15) is 13.6 Å². The van der Waals surface area contributed by atoms with Gasteiger partial charge < -0.3 is 4.90 Å². The van der Waals surface area contributed by atoms with Crippen molar-refractivity contribution in [1.82, 2.24) is 9.88 Å². The molecular weight excluding hydrogens is 451 g/mol. The average molecular weight is 467 g/mol. The van der Waals surface area contributed by atoms with Gasteiger partial charge in [0.15, 0.2) is 10.9 Å². The predicted octanol–water partition coefficient (Wildman–Crippen LogP) is 5.51. The highest BCUT2D eigenvalue weighted by molar-refractivity contribution is 7.22. The lowest BCUT2D eigenvalue weighted by Crippen LogP contribution is -2.36. The van der Waals surface area contributed by atoms with Crippen molar-refractivity contribution in [3.05, 3.63) is 57.6 Å². The van der Waals surface area contributed by atoms with Gasteiger partial charge in [0, 0.05) is 34.8 Å². The van der Waals surface area contributed by atoms with E-state index in [1.165, 1.54) is 29.2 Å². The van der Waals surface area contributed by atoms with E-state index in [0.29, 0.717) is 27.8 Å². The molecule has 3 aromatic rings. The fourth-order valence-corrected chi connectivity index (χ4v) is 4.03. The van der Waals surface area contributed by atoms with Crippen LogP contribution in [0.3, 0.4) is 0 Å². The highest BCUT2D eigenvalue weighted by atomic mass is 35.5. The molecule has 0 saturated heterocycles. The van der Waals surface area contributed by atoms with Crippen LogP contribution in [-0.2, 0) is 0 Å². The largest absolute Gasteiger partial charge is 0.308 e. The van der Waals surface area contributed by atoms with E-state index in [4.69, 9.17) is 23.2 Å². The average Bonchev–Trinajstić information content (AvgIpc) is 2.97. The summed E-state index contributed by atoms with van der Waals surface area (Å²) in [4.78, 5) is 20.6. The first-order chi connectivity index (χ1) is 12.7. The van der Waals surface area contributed by atoms with Gasteiger partial charge in [-0.15, -0.1) is 12.4 Å². The molecule has 28 heavy (non-hydrogen) atoms. The third-order valence-electron chi connectivity index (χ3n) is 3.76. The van der Waals surface area contributed by atoms with Crippen molar-refractivity contribution in [2.75, 3.05) is 32.1 Å². The predicted molar refractivity (Wildman–Crippen MR) is 113 cm³/mol. The smallest absolute Gasteiger partial charge is 0.260 e. The van der Waals surface area contributed by atoms with Gasteiger partial charge in [-0.3, -0.25) is 9.69 Å². The van der Waals surface area contributed by atoms with Crippen LogP contribution in [0.2, 0.25) is 10.0 Å². The fraction of sp³-hybridized carbons (Fsp3) is 0.222. The van der Waals surface area contributed by atoms with E-state index < -0.39 is 11.6 Å². The maximum atomic E-state index is 14.0. The first kappa shape index (κ1) is 22.8. The summed E-state index contributed by atoms with van der Waals surface area (Å²) in [6.45, 7) is 0.854. The van der Waals surface area contributed by atoms with Gasteiger partial charge >= 0.3 is 0 Å². The van der Waals surface area contributed by atoms with Crippen molar-refractivity contribution >= 4 is 68.2 Å². The highest BCUT2D eigenvalue weighted by Gasteiger charge is 2.23. The molecule has 2 aromatic carbocycles. The molecule has 0 aliphatic rings. The number of benzene rings is 2. The summed E-state index contributed by atoms with van der Waals surface area (Å²) in [6.07, 6.45) is 0. The number of aromatic nitrogens is 1. The maximum Gasteiger partial charge on any atom is 0.260 e. The van der Waals surface area contributed by atoms with Gasteiger partial charge in [0.2, 0.25) is 0 Å². The van der Waals surface area contributed by atoms with Crippen LogP contribution in [0, 0.1) is 11.6 Å². The van der Waals surface area contributed by atoms with Gasteiger partial charge in [-0.05, 0) is 38.4 Å². The van der Waals surface area contributed by atoms with Crippen LogP contribution in [0.4, 0.5) is 13.9 Å². The number of carbonyl (C=O) groups excluding carboxylic acids is 1. The number of halogens is 5. The maximum absolute atomic E-state index is 14.0. The second kappa shape index (κ2) is 9.33. The summed E-state index contributed by atoms with van der Waals surface area (Å²) in [7, 11) is 3.73. The lowest BCUT2D eigenvalue weighted by Gasteiger charge is -2.22. The topological polar surface area (TPSA) is 36.4 Å². The number of anilines is 1. The number of thiazole rings is 1. The Morgan fingerprint density at radius 3 is 2.32 bits per heavy atom. The second-order valence-electron chi connectivity index (χ2n) is 6.15. The zero-order valence-electron chi connectivity index (χ0n) is 14.9. The molecule has 0 atom stereocenters. The quantitative estimate of drug-likeness (QED) is 0.497. The van der Waals surface area contributed by atoms with Gasteiger partial charge in [0.25, 0.3) is 5.91 Å². The fourth-order valence-electron chi connectivity index (χ4n) is 2.48. The number of likely N-dealkylation sites (N-methyl/N-ethyl adjacent to an activating group) is 1. The van der Waals surface area contributed by atoms with Gasteiger partial charge in [-0.25, -0.2) is 13.8 Å². The minimum atomic E-state index is -0.765.